The van der Waals surface area contributed by atoms with Crippen molar-refractivity contribution in [1.29, 1.82) is 0 Å². The monoisotopic (exact) mass is 476 g/mol. The minimum absolute atomic E-state index is 0.480. The third-order valence-corrected chi connectivity index (χ3v) is 6.83. The molecule has 1 aromatic carbocycles. The topological polar surface area (TPSA) is 69.5 Å². The molecule has 34 heavy (non-hydrogen) atoms. The summed E-state index contributed by atoms with van der Waals surface area (Å²) in [6.07, 6.45) is 3.47. The quantitative estimate of drug-likeness (QED) is 0.515. The first kappa shape index (κ1) is 22.7. The number of nitrogens with one attached hydrogen (secondary N) is 2. The van der Waals surface area contributed by atoms with Gasteiger partial charge in [-0.2, -0.15) is 9.97 Å². The standard InChI is InChI=1S/C26H32N6OS/c1-18-6-5-12-31(16-18)23-14-24(32-13-11-20-7-3-4-8-21(20)17-32)29-25(28-23)30-26(34)27-15-22-10-9-19(2)33-22/h3-4,7-10,14,18H,5-6,11-13,15-17H2,1-2H3,(H2,27,28,29,30,34)/t18-/m0/s1. The van der Waals surface area contributed by atoms with Crippen LogP contribution in [-0.2, 0) is 19.5 Å². The summed E-state index contributed by atoms with van der Waals surface area (Å²) in [6.45, 7) is 8.57. The first-order chi connectivity index (χ1) is 16.5. The van der Waals surface area contributed by atoms with Crippen molar-refractivity contribution < 1.29 is 4.42 Å². The maximum absolute atomic E-state index is 5.63. The van der Waals surface area contributed by atoms with Crippen molar-refractivity contribution >= 4 is 34.9 Å². The summed E-state index contributed by atoms with van der Waals surface area (Å²) in [6, 6.07) is 14.7. The lowest BCUT2D eigenvalue weighted by molar-refractivity contribution is 0.444. The van der Waals surface area contributed by atoms with Crippen molar-refractivity contribution in [2.24, 2.45) is 5.92 Å². The van der Waals surface area contributed by atoms with E-state index in [1.807, 2.05) is 19.1 Å². The summed E-state index contributed by atoms with van der Waals surface area (Å²) < 4.78 is 5.63. The molecule has 7 nitrogen and oxygen atoms in total. The van der Waals surface area contributed by atoms with Gasteiger partial charge >= 0.3 is 0 Å². The molecule has 0 radical (unpaired) electrons. The smallest absolute Gasteiger partial charge is 0.232 e. The number of hydrogen-bond donors (Lipinski definition) is 2. The average Bonchev–Trinajstić information content (AvgIpc) is 3.27. The Bertz CT molecular complexity index is 1160. The molecule has 2 aliphatic heterocycles. The van der Waals surface area contributed by atoms with Crippen molar-refractivity contribution in [2.45, 2.75) is 46.2 Å². The van der Waals surface area contributed by atoms with Gasteiger partial charge in [-0.15, -0.1) is 0 Å². The molecule has 0 aliphatic carbocycles. The van der Waals surface area contributed by atoms with Gasteiger partial charge in [0.15, 0.2) is 5.11 Å². The van der Waals surface area contributed by atoms with Gasteiger partial charge < -0.3 is 24.9 Å². The average molecular weight is 477 g/mol. The number of aryl methyl sites for hydroxylation is 1. The molecule has 5 rings (SSSR count). The Labute approximate surface area is 206 Å². The lowest BCUT2D eigenvalue weighted by Gasteiger charge is -2.34. The van der Waals surface area contributed by atoms with Crippen molar-refractivity contribution in [3.05, 3.63) is 65.1 Å². The summed E-state index contributed by atoms with van der Waals surface area (Å²) >= 11 is 5.54. The van der Waals surface area contributed by atoms with Gasteiger partial charge in [0.2, 0.25) is 5.95 Å². The van der Waals surface area contributed by atoms with E-state index in [2.05, 4.69) is 57.7 Å². The predicted molar refractivity (Wildman–Crippen MR) is 140 cm³/mol. The Morgan fingerprint density at radius 1 is 1.09 bits per heavy atom. The van der Waals surface area contributed by atoms with Crippen LogP contribution in [0.15, 0.2) is 46.9 Å². The van der Waals surface area contributed by atoms with Gasteiger partial charge in [0.05, 0.1) is 6.54 Å². The highest BCUT2D eigenvalue weighted by atomic mass is 32.1. The second-order valence-corrected chi connectivity index (χ2v) is 9.77. The van der Waals surface area contributed by atoms with Crippen LogP contribution < -0.4 is 20.4 Å². The van der Waals surface area contributed by atoms with Crippen LogP contribution in [0.1, 0.15) is 42.4 Å². The first-order valence-electron chi connectivity index (χ1n) is 12.1. The molecule has 0 saturated carbocycles. The van der Waals surface area contributed by atoms with Gasteiger partial charge in [0, 0.05) is 32.2 Å². The molecule has 1 fully saturated rings. The minimum atomic E-state index is 0.480. The van der Waals surface area contributed by atoms with Crippen LogP contribution in [0.2, 0.25) is 0 Å². The largest absolute Gasteiger partial charge is 0.465 e. The number of benzene rings is 1. The zero-order valence-electron chi connectivity index (χ0n) is 19.9. The summed E-state index contributed by atoms with van der Waals surface area (Å²) in [5, 5.41) is 6.89. The Balaban J connectivity index is 1.36. The predicted octanol–water partition coefficient (Wildman–Crippen LogP) is 4.66. The number of rotatable bonds is 5. The summed E-state index contributed by atoms with van der Waals surface area (Å²) in [4.78, 5) is 14.4. The molecule has 2 N–H and O–H groups in total. The van der Waals surface area contributed by atoms with E-state index in [1.54, 1.807) is 0 Å². The molecular formula is C26H32N6OS. The number of piperidine rings is 1. The van der Waals surface area contributed by atoms with E-state index in [9.17, 15) is 0 Å². The number of nitrogens with zero attached hydrogens (tertiary/aromatic N) is 4. The lowest BCUT2D eigenvalue weighted by Crippen LogP contribution is -2.36. The van der Waals surface area contributed by atoms with Gasteiger partial charge in [-0.3, -0.25) is 0 Å². The minimum Gasteiger partial charge on any atom is -0.465 e. The van der Waals surface area contributed by atoms with Crippen LogP contribution in [0.25, 0.3) is 0 Å². The summed E-state index contributed by atoms with van der Waals surface area (Å²) in [5.74, 6) is 4.80. The zero-order chi connectivity index (χ0) is 23.5. The second-order valence-electron chi connectivity index (χ2n) is 9.36. The van der Waals surface area contributed by atoms with E-state index in [0.29, 0.717) is 23.5 Å². The number of fused-ring (bicyclic) bond motifs is 1. The Kier molecular flexibility index (Phi) is 6.67. The molecule has 2 aromatic heterocycles. The lowest BCUT2D eigenvalue weighted by atomic mass is 10.00. The van der Waals surface area contributed by atoms with Crippen molar-refractivity contribution in [1.82, 2.24) is 15.3 Å². The van der Waals surface area contributed by atoms with Crippen LogP contribution in [0, 0.1) is 12.8 Å². The zero-order valence-corrected chi connectivity index (χ0v) is 20.7. The second kappa shape index (κ2) is 10.0. The van der Waals surface area contributed by atoms with Crippen molar-refractivity contribution in [3.63, 3.8) is 0 Å². The van der Waals surface area contributed by atoms with E-state index >= 15 is 0 Å². The summed E-state index contributed by atoms with van der Waals surface area (Å²) in [5.41, 5.74) is 2.79. The number of thiocarbonyl (C=S) groups is 1. The van der Waals surface area contributed by atoms with Gasteiger partial charge in [-0.25, -0.2) is 0 Å². The van der Waals surface area contributed by atoms with Gasteiger partial charge in [0.1, 0.15) is 23.2 Å². The normalized spacial score (nSPS) is 17.9. The fourth-order valence-corrected chi connectivity index (χ4v) is 4.95. The highest BCUT2D eigenvalue weighted by Crippen LogP contribution is 2.29. The third-order valence-electron chi connectivity index (χ3n) is 6.58. The number of anilines is 3. The van der Waals surface area contributed by atoms with Crippen LogP contribution >= 0.6 is 12.2 Å². The Morgan fingerprint density at radius 3 is 2.65 bits per heavy atom. The van der Waals surface area contributed by atoms with Gasteiger partial charge in [0.25, 0.3) is 0 Å². The maximum atomic E-state index is 5.63. The molecule has 8 heteroatoms. The van der Waals surface area contributed by atoms with Crippen molar-refractivity contribution in [3.8, 4) is 0 Å². The van der Waals surface area contributed by atoms with Crippen molar-refractivity contribution in [2.75, 3.05) is 34.8 Å². The van der Waals surface area contributed by atoms with Crippen LogP contribution in [0.5, 0.6) is 0 Å². The fourth-order valence-electron chi connectivity index (χ4n) is 4.78. The molecule has 2 aliphatic rings. The Morgan fingerprint density at radius 2 is 1.88 bits per heavy atom. The molecule has 3 aromatic rings. The maximum Gasteiger partial charge on any atom is 0.232 e. The SMILES string of the molecule is Cc1ccc(CNC(=S)Nc2nc(N3CCc4ccccc4C3)cc(N3CCC[C@H](C)C3)n2)o1. The van der Waals surface area contributed by atoms with Gasteiger partial charge in [-0.05, 0) is 67.6 Å². The number of hydrogen-bond acceptors (Lipinski definition) is 6. The van der Waals surface area contributed by atoms with Crippen LogP contribution in [0.4, 0.5) is 17.6 Å². The molecular weight excluding hydrogens is 444 g/mol. The number of furan rings is 1. The van der Waals surface area contributed by atoms with E-state index in [1.165, 1.54) is 24.0 Å². The highest BCUT2D eigenvalue weighted by Gasteiger charge is 2.23. The molecule has 0 unspecified atom stereocenters. The highest BCUT2D eigenvalue weighted by molar-refractivity contribution is 7.80. The third kappa shape index (κ3) is 5.33. The summed E-state index contributed by atoms with van der Waals surface area (Å²) in [7, 11) is 0. The molecule has 1 atom stereocenters. The molecule has 0 spiro atoms. The fraction of sp³-hybridized carbons (Fsp3) is 0.423. The van der Waals surface area contributed by atoms with E-state index in [0.717, 1.165) is 55.8 Å². The van der Waals surface area contributed by atoms with E-state index < -0.39 is 0 Å². The van der Waals surface area contributed by atoms with E-state index in [4.69, 9.17) is 26.6 Å². The molecule has 4 heterocycles. The Hall–Kier alpha value is -3.13. The molecule has 0 bridgehead atoms. The van der Waals surface area contributed by atoms with Crippen LogP contribution in [-0.4, -0.2) is 34.7 Å². The van der Waals surface area contributed by atoms with E-state index in [-0.39, 0.29) is 0 Å². The first-order valence-corrected chi connectivity index (χ1v) is 12.5. The van der Waals surface area contributed by atoms with Gasteiger partial charge in [-0.1, -0.05) is 31.2 Å². The number of aromatic nitrogens is 2. The molecule has 0 amide bonds. The molecule has 1 saturated heterocycles. The molecule has 178 valence electrons. The van der Waals surface area contributed by atoms with Crippen LogP contribution in [0.3, 0.4) is 0 Å².